The molecule has 0 bridgehead atoms. The Bertz CT molecular complexity index is 1360. The van der Waals surface area contributed by atoms with Crippen LogP contribution in [0.5, 0.6) is 0 Å². The molecule has 190 valence electrons. The van der Waals surface area contributed by atoms with Crippen molar-refractivity contribution in [3.63, 3.8) is 0 Å². The SMILES string of the molecule is CCOC(=O)c1[nH]c(C2CCCC2)nc1-c1ccc(-c2ccc(-c3cnc([C@@H]4CCCN4)[nH]3)cc2)cc1. The van der Waals surface area contributed by atoms with Gasteiger partial charge in [-0.3, -0.25) is 0 Å². The first-order valence-electron chi connectivity index (χ1n) is 13.5. The lowest BCUT2D eigenvalue weighted by atomic mass is 10.0. The Morgan fingerprint density at radius 2 is 1.54 bits per heavy atom. The number of aromatic amines is 2. The molecule has 7 nitrogen and oxygen atoms in total. The molecule has 6 rings (SSSR count). The number of nitrogens with one attached hydrogen (secondary N) is 3. The number of aromatic nitrogens is 4. The maximum Gasteiger partial charge on any atom is 0.357 e. The third-order valence-corrected chi connectivity index (χ3v) is 7.62. The Balaban J connectivity index is 1.22. The number of benzene rings is 2. The van der Waals surface area contributed by atoms with Crippen LogP contribution < -0.4 is 5.32 Å². The minimum absolute atomic E-state index is 0.333. The van der Waals surface area contributed by atoms with E-state index in [4.69, 9.17) is 9.72 Å². The Labute approximate surface area is 217 Å². The van der Waals surface area contributed by atoms with Gasteiger partial charge in [0.15, 0.2) is 5.69 Å². The third-order valence-electron chi connectivity index (χ3n) is 7.62. The first-order valence-corrected chi connectivity index (χ1v) is 13.5. The van der Waals surface area contributed by atoms with E-state index in [1.807, 2.05) is 25.3 Å². The van der Waals surface area contributed by atoms with Crippen molar-refractivity contribution >= 4 is 5.97 Å². The van der Waals surface area contributed by atoms with Gasteiger partial charge in [0.25, 0.3) is 0 Å². The van der Waals surface area contributed by atoms with Gasteiger partial charge in [0.1, 0.15) is 17.3 Å². The zero-order valence-corrected chi connectivity index (χ0v) is 21.2. The summed E-state index contributed by atoms with van der Waals surface area (Å²) in [4.78, 5) is 28.9. The Hall–Kier alpha value is -3.71. The van der Waals surface area contributed by atoms with Crippen LogP contribution in [0, 0.1) is 0 Å². The van der Waals surface area contributed by atoms with Crippen LogP contribution in [0.15, 0.2) is 54.7 Å². The molecule has 0 radical (unpaired) electrons. The molecule has 1 aliphatic carbocycles. The summed E-state index contributed by atoms with van der Waals surface area (Å²) in [5.74, 6) is 1.96. The number of ether oxygens (including phenoxy) is 1. The molecule has 1 atom stereocenters. The Morgan fingerprint density at radius 1 is 0.865 bits per heavy atom. The number of hydrogen-bond donors (Lipinski definition) is 3. The second kappa shape index (κ2) is 10.3. The van der Waals surface area contributed by atoms with E-state index in [1.54, 1.807) is 0 Å². The van der Waals surface area contributed by atoms with Gasteiger partial charge >= 0.3 is 5.97 Å². The van der Waals surface area contributed by atoms with E-state index in [2.05, 4.69) is 56.7 Å². The van der Waals surface area contributed by atoms with E-state index in [-0.39, 0.29) is 5.97 Å². The van der Waals surface area contributed by atoms with Crippen molar-refractivity contribution in [2.45, 2.75) is 57.4 Å². The minimum Gasteiger partial charge on any atom is -0.461 e. The summed E-state index contributed by atoms with van der Waals surface area (Å²) in [6.07, 6.45) is 8.89. The van der Waals surface area contributed by atoms with Crippen molar-refractivity contribution in [2.24, 2.45) is 0 Å². The zero-order chi connectivity index (χ0) is 25.2. The van der Waals surface area contributed by atoms with Crippen molar-refractivity contribution in [1.82, 2.24) is 25.3 Å². The van der Waals surface area contributed by atoms with E-state index in [9.17, 15) is 4.79 Å². The fraction of sp³-hybridized carbons (Fsp3) is 0.367. The van der Waals surface area contributed by atoms with Crippen molar-refractivity contribution in [3.8, 4) is 33.6 Å². The number of imidazole rings is 2. The van der Waals surface area contributed by atoms with Gasteiger partial charge in [-0.25, -0.2) is 14.8 Å². The topological polar surface area (TPSA) is 95.7 Å². The highest BCUT2D eigenvalue weighted by Gasteiger charge is 2.26. The van der Waals surface area contributed by atoms with Gasteiger partial charge in [-0.2, -0.15) is 0 Å². The van der Waals surface area contributed by atoms with Crippen molar-refractivity contribution in [2.75, 3.05) is 13.2 Å². The molecule has 2 fully saturated rings. The molecule has 0 amide bonds. The number of carbonyl (C=O) groups excluding carboxylic acids is 1. The summed E-state index contributed by atoms with van der Waals surface area (Å²) < 4.78 is 5.32. The highest BCUT2D eigenvalue weighted by molar-refractivity contribution is 5.94. The number of esters is 1. The predicted octanol–water partition coefficient (Wildman–Crippen LogP) is 6.39. The van der Waals surface area contributed by atoms with Crippen LogP contribution in [-0.4, -0.2) is 39.1 Å². The van der Waals surface area contributed by atoms with Gasteiger partial charge in [-0.15, -0.1) is 0 Å². The highest BCUT2D eigenvalue weighted by atomic mass is 16.5. The van der Waals surface area contributed by atoms with Crippen LogP contribution in [-0.2, 0) is 4.74 Å². The van der Waals surface area contributed by atoms with Gasteiger partial charge in [0.2, 0.25) is 0 Å². The normalized spacial score (nSPS) is 17.9. The fourth-order valence-corrected chi connectivity index (χ4v) is 5.59. The summed E-state index contributed by atoms with van der Waals surface area (Å²) in [7, 11) is 0. The van der Waals surface area contributed by atoms with Gasteiger partial charge in [0.05, 0.1) is 24.5 Å². The molecule has 1 saturated heterocycles. The van der Waals surface area contributed by atoms with E-state index in [0.29, 0.717) is 30.0 Å². The molecule has 37 heavy (non-hydrogen) atoms. The standard InChI is InChI=1S/C30H33N5O2/c1-2-37-30(36)27-26(34-28(35-27)23-6-3-4-7-23)22-15-11-20(12-16-22)19-9-13-21(14-10-19)25-18-32-29(33-25)24-8-5-17-31-24/h9-16,18,23-24,31H,2-8,17H2,1H3,(H,32,33)(H,34,35)/t24-/m0/s1. The number of carbonyl (C=O) groups is 1. The van der Waals surface area contributed by atoms with Crippen LogP contribution in [0.3, 0.4) is 0 Å². The smallest absolute Gasteiger partial charge is 0.357 e. The maximum atomic E-state index is 12.7. The van der Waals surface area contributed by atoms with Gasteiger partial charge < -0.3 is 20.0 Å². The number of rotatable bonds is 7. The predicted molar refractivity (Wildman–Crippen MR) is 144 cm³/mol. The lowest BCUT2D eigenvalue weighted by Gasteiger charge is -2.07. The van der Waals surface area contributed by atoms with Crippen LogP contribution in [0.4, 0.5) is 0 Å². The third kappa shape index (κ3) is 4.83. The van der Waals surface area contributed by atoms with Crippen molar-refractivity contribution in [3.05, 3.63) is 72.1 Å². The summed E-state index contributed by atoms with van der Waals surface area (Å²) in [5, 5.41) is 3.49. The first-order chi connectivity index (χ1) is 18.2. The second-order valence-corrected chi connectivity index (χ2v) is 10.0. The average molecular weight is 496 g/mol. The van der Waals surface area contributed by atoms with Gasteiger partial charge in [-0.05, 0) is 55.8 Å². The minimum atomic E-state index is -0.348. The molecule has 4 aromatic rings. The molecule has 1 saturated carbocycles. The van der Waals surface area contributed by atoms with E-state index in [1.165, 1.54) is 19.3 Å². The largest absolute Gasteiger partial charge is 0.461 e. The zero-order valence-electron chi connectivity index (χ0n) is 21.2. The van der Waals surface area contributed by atoms with Crippen LogP contribution in [0.1, 0.15) is 79.5 Å². The van der Waals surface area contributed by atoms with Gasteiger partial charge in [0, 0.05) is 11.5 Å². The lowest BCUT2D eigenvalue weighted by molar-refractivity contribution is 0.0521. The molecule has 3 N–H and O–H groups in total. The molecule has 2 aliphatic rings. The van der Waals surface area contributed by atoms with Crippen molar-refractivity contribution < 1.29 is 9.53 Å². The first kappa shape index (κ1) is 23.7. The molecule has 0 spiro atoms. The molecule has 0 unspecified atom stereocenters. The molecule has 3 heterocycles. The van der Waals surface area contributed by atoms with Crippen LogP contribution in [0.2, 0.25) is 0 Å². The second-order valence-electron chi connectivity index (χ2n) is 10.0. The summed E-state index contributed by atoms with van der Waals surface area (Å²) in [5.41, 5.74) is 6.43. The Morgan fingerprint density at radius 3 is 2.19 bits per heavy atom. The van der Waals surface area contributed by atoms with Crippen LogP contribution in [0.25, 0.3) is 33.6 Å². The molecule has 2 aromatic carbocycles. The van der Waals surface area contributed by atoms with Crippen LogP contribution >= 0.6 is 0 Å². The van der Waals surface area contributed by atoms with E-state index < -0.39 is 0 Å². The summed E-state index contributed by atoms with van der Waals surface area (Å²) >= 11 is 0. The fourth-order valence-electron chi connectivity index (χ4n) is 5.59. The number of hydrogen-bond acceptors (Lipinski definition) is 5. The average Bonchev–Trinajstić information content (AvgIpc) is 3.75. The van der Waals surface area contributed by atoms with Crippen molar-refractivity contribution in [1.29, 1.82) is 0 Å². The summed E-state index contributed by atoms with van der Waals surface area (Å²) in [6, 6.07) is 17.1. The highest BCUT2D eigenvalue weighted by Crippen LogP contribution is 2.35. The number of H-pyrrole nitrogens is 2. The molecular formula is C30H33N5O2. The molecule has 1 aliphatic heterocycles. The van der Waals surface area contributed by atoms with E-state index >= 15 is 0 Å². The molecule has 7 heteroatoms. The number of nitrogens with zero attached hydrogens (tertiary/aromatic N) is 2. The molecular weight excluding hydrogens is 462 g/mol. The monoisotopic (exact) mass is 495 g/mol. The quantitative estimate of drug-likeness (QED) is 0.258. The molecule has 2 aromatic heterocycles. The maximum absolute atomic E-state index is 12.7. The van der Waals surface area contributed by atoms with E-state index in [0.717, 1.165) is 65.4 Å². The lowest BCUT2D eigenvalue weighted by Crippen LogP contribution is -2.14. The summed E-state index contributed by atoms with van der Waals surface area (Å²) in [6.45, 7) is 3.21. The Kier molecular flexibility index (Phi) is 6.62. The van der Waals surface area contributed by atoms with Gasteiger partial charge in [-0.1, -0.05) is 61.4 Å².